The summed E-state index contributed by atoms with van der Waals surface area (Å²) in [5.74, 6) is -0.0232. The Bertz CT molecular complexity index is 798. The number of carbonyl (C=O) groups excluding carboxylic acids is 2. The molecular weight excluding hydrogens is 419 g/mol. The number of hydrazine groups is 1. The number of amides is 2. The molecule has 0 spiro atoms. The zero-order valence-corrected chi connectivity index (χ0v) is 15.1. The van der Waals surface area contributed by atoms with Crippen molar-refractivity contribution >= 4 is 46.2 Å². The first-order valence-electron chi connectivity index (χ1n) is 7.44. The van der Waals surface area contributed by atoms with Gasteiger partial charge in [0.2, 0.25) is 0 Å². The summed E-state index contributed by atoms with van der Waals surface area (Å²) in [5, 5.41) is 1.26. The fraction of sp³-hybridized carbons (Fsp3) is 0.111. The zero-order valence-electron chi connectivity index (χ0n) is 13.0. The minimum absolute atomic E-state index is 0.109. The van der Waals surface area contributed by atoms with Gasteiger partial charge in [-0.05, 0) is 77.6 Å². The summed E-state index contributed by atoms with van der Waals surface area (Å²) in [6.07, 6.45) is 1.58. The highest BCUT2D eigenvalue weighted by Crippen LogP contribution is 2.23. The van der Waals surface area contributed by atoms with Crippen LogP contribution in [-0.2, 0) is 9.59 Å². The highest BCUT2D eigenvalue weighted by Gasteiger charge is 2.34. The van der Waals surface area contributed by atoms with Crippen LogP contribution < -0.4 is 15.2 Å². The van der Waals surface area contributed by atoms with Crippen LogP contribution in [0.25, 0.3) is 6.08 Å². The quantitative estimate of drug-likeness (QED) is 0.457. The van der Waals surface area contributed by atoms with Gasteiger partial charge in [-0.2, -0.15) is 0 Å². The average Bonchev–Trinajstić information content (AvgIpc) is 2.86. The number of ether oxygens (including phenoxy) is 1. The standard InChI is InChI=1S/C18H15IN2O3/c1-2-24-15-9-3-12(4-10-15)11-16-17(22)20-21(18(16)23)14-7-5-13(19)6-8-14/h3-11H,2H2,1H3,(H,20,22)/b16-11+. The molecule has 122 valence electrons. The number of hydrogen-bond acceptors (Lipinski definition) is 3. The fourth-order valence-corrected chi connectivity index (χ4v) is 2.68. The summed E-state index contributed by atoms with van der Waals surface area (Å²) in [5.41, 5.74) is 4.09. The molecule has 0 bridgehead atoms. The maximum absolute atomic E-state index is 12.5. The lowest BCUT2D eigenvalue weighted by atomic mass is 10.1. The zero-order chi connectivity index (χ0) is 17.1. The molecule has 2 aromatic carbocycles. The molecule has 0 unspecified atom stereocenters. The Hall–Kier alpha value is -2.35. The Morgan fingerprint density at radius 3 is 2.38 bits per heavy atom. The smallest absolute Gasteiger partial charge is 0.282 e. The van der Waals surface area contributed by atoms with E-state index in [4.69, 9.17) is 4.74 Å². The molecule has 1 aliphatic rings. The molecule has 1 fully saturated rings. The molecular formula is C18H15IN2O3. The van der Waals surface area contributed by atoms with E-state index in [1.165, 1.54) is 5.01 Å². The van der Waals surface area contributed by atoms with Gasteiger partial charge in [-0.25, -0.2) is 5.01 Å². The lowest BCUT2D eigenvalue weighted by Crippen LogP contribution is -2.35. The van der Waals surface area contributed by atoms with Crippen molar-refractivity contribution in [1.82, 2.24) is 5.43 Å². The number of carbonyl (C=O) groups is 2. The molecule has 0 aliphatic carbocycles. The Kier molecular flexibility index (Phi) is 4.84. The molecule has 5 nitrogen and oxygen atoms in total. The third-order valence-electron chi connectivity index (χ3n) is 3.48. The second kappa shape index (κ2) is 7.04. The molecule has 0 saturated carbocycles. The van der Waals surface area contributed by atoms with E-state index in [0.29, 0.717) is 12.3 Å². The molecule has 0 atom stereocenters. The Morgan fingerprint density at radius 2 is 1.75 bits per heavy atom. The third kappa shape index (κ3) is 3.43. The lowest BCUT2D eigenvalue weighted by Gasteiger charge is -2.14. The summed E-state index contributed by atoms with van der Waals surface area (Å²) in [6, 6.07) is 14.6. The number of nitrogens with one attached hydrogen (secondary N) is 1. The summed E-state index contributed by atoms with van der Waals surface area (Å²) in [6.45, 7) is 2.50. The highest BCUT2D eigenvalue weighted by molar-refractivity contribution is 14.1. The van der Waals surface area contributed by atoms with E-state index in [1.807, 2.05) is 43.3 Å². The Balaban J connectivity index is 1.84. The number of rotatable bonds is 4. The molecule has 1 saturated heterocycles. The Morgan fingerprint density at radius 1 is 1.08 bits per heavy atom. The molecule has 0 radical (unpaired) electrons. The van der Waals surface area contributed by atoms with Gasteiger partial charge in [0.05, 0.1) is 12.3 Å². The number of benzene rings is 2. The van der Waals surface area contributed by atoms with Gasteiger partial charge in [0.1, 0.15) is 11.3 Å². The van der Waals surface area contributed by atoms with E-state index >= 15 is 0 Å². The largest absolute Gasteiger partial charge is 0.494 e. The first-order chi connectivity index (χ1) is 11.6. The van der Waals surface area contributed by atoms with Crippen molar-refractivity contribution in [3.63, 3.8) is 0 Å². The predicted octanol–water partition coefficient (Wildman–Crippen LogP) is 3.15. The molecule has 2 amide bonds. The summed E-state index contributed by atoms with van der Waals surface area (Å²) in [4.78, 5) is 24.7. The van der Waals surface area contributed by atoms with Gasteiger partial charge in [-0.15, -0.1) is 0 Å². The van der Waals surface area contributed by atoms with Crippen molar-refractivity contribution in [3.8, 4) is 5.75 Å². The van der Waals surface area contributed by atoms with E-state index in [2.05, 4.69) is 28.0 Å². The van der Waals surface area contributed by atoms with Crippen LogP contribution in [-0.4, -0.2) is 18.4 Å². The molecule has 6 heteroatoms. The molecule has 2 aromatic rings. The fourth-order valence-electron chi connectivity index (χ4n) is 2.32. The maximum atomic E-state index is 12.5. The third-order valence-corrected chi connectivity index (χ3v) is 4.20. The van der Waals surface area contributed by atoms with Crippen molar-refractivity contribution in [2.45, 2.75) is 6.92 Å². The van der Waals surface area contributed by atoms with Crippen molar-refractivity contribution in [3.05, 3.63) is 63.2 Å². The van der Waals surface area contributed by atoms with Gasteiger partial charge < -0.3 is 4.74 Å². The highest BCUT2D eigenvalue weighted by atomic mass is 127. The van der Waals surface area contributed by atoms with Crippen molar-refractivity contribution in [1.29, 1.82) is 0 Å². The molecule has 24 heavy (non-hydrogen) atoms. The van der Waals surface area contributed by atoms with Crippen LogP contribution in [0.3, 0.4) is 0 Å². The van der Waals surface area contributed by atoms with Gasteiger partial charge in [0, 0.05) is 3.57 Å². The summed E-state index contributed by atoms with van der Waals surface area (Å²) < 4.78 is 6.44. The summed E-state index contributed by atoms with van der Waals surface area (Å²) >= 11 is 2.18. The van der Waals surface area contributed by atoms with Gasteiger partial charge in [0.25, 0.3) is 11.8 Å². The van der Waals surface area contributed by atoms with Crippen molar-refractivity contribution in [2.24, 2.45) is 0 Å². The minimum Gasteiger partial charge on any atom is -0.494 e. The first kappa shape index (κ1) is 16.5. The van der Waals surface area contributed by atoms with Gasteiger partial charge in [-0.1, -0.05) is 12.1 Å². The van der Waals surface area contributed by atoms with Crippen LogP contribution in [0.4, 0.5) is 5.69 Å². The SMILES string of the molecule is CCOc1ccc(/C=C2\C(=O)NN(c3ccc(I)cc3)C2=O)cc1. The summed E-state index contributed by atoms with van der Waals surface area (Å²) in [7, 11) is 0. The van der Waals surface area contributed by atoms with Crippen LogP contribution in [0.2, 0.25) is 0 Å². The average molecular weight is 434 g/mol. The number of anilines is 1. The van der Waals surface area contributed by atoms with Gasteiger partial charge in [0.15, 0.2) is 0 Å². The van der Waals surface area contributed by atoms with Crippen molar-refractivity contribution in [2.75, 3.05) is 11.6 Å². The molecule has 1 heterocycles. The van der Waals surface area contributed by atoms with Crippen LogP contribution >= 0.6 is 22.6 Å². The van der Waals surface area contributed by atoms with Crippen LogP contribution in [0.1, 0.15) is 12.5 Å². The van der Waals surface area contributed by atoms with Crippen LogP contribution in [0.15, 0.2) is 54.1 Å². The van der Waals surface area contributed by atoms with E-state index in [-0.39, 0.29) is 11.5 Å². The second-order valence-corrected chi connectivity index (χ2v) is 6.36. The molecule has 1 N–H and O–H groups in total. The van der Waals surface area contributed by atoms with Crippen LogP contribution in [0.5, 0.6) is 5.75 Å². The lowest BCUT2D eigenvalue weighted by molar-refractivity contribution is -0.117. The number of halogens is 1. The van der Waals surface area contributed by atoms with E-state index in [0.717, 1.165) is 14.9 Å². The van der Waals surface area contributed by atoms with Crippen LogP contribution in [0, 0.1) is 3.57 Å². The van der Waals surface area contributed by atoms with E-state index < -0.39 is 5.91 Å². The van der Waals surface area contributed by atoms with E-state index in [9.17, 15) is 9.59 Å². The molecule has 1 aliphatic heterocycles. The molecule has 0 aromatic heterocycles. The van der Waals surface area contributed by atoms with E-state index in [1.54, 1.807) is 18.2 Å². The second-order valence-electron chi connectivity index (χ2n) is 5.12. The predicted molar refractivity (Wildman–Crippen MR) is 100 cm³/mol. The van der Waals surface area contributed by atoms with Gasteiger partial charge in [-0.3, -0.25) is 15.0 Å². The number of nitrogens with zero attached hydrogens (tertiary/aromatic N) is 1. The topological polar surface area (TPSA) is 58.6 Å². The monoisotopic (exact) mass is 434 g/mol. The maximum Gasteiger partial charge on any atom is 0.282 e. The van der Waals surface area contributed by atoms with Crippen molar-refractivity contribution < 1.29 is 14.3 Å². The first-order valence-corrected chi connectivity index (χ1v) is 8.52. The minimum atomic E-state index is -0.410. The normalized spacial score (nSPS) is 15.8. The van der Waals surface area contributed by atoms with Gasteiger partial charge >= 0.3 is 0 Å². The number of hydrogen-bond donors (Lipinski definition) is 1. The Labute approximate surface area is 153 Å². The molecule has 3 rings (SSSR count).